The van der Waals surface area contributed by atoms with E-state index in [1.807, 2.05) is 30.3 Å². The molecule has 0 aliphatic carbocycles. The number of nitrogens with one attached hydrogen (secondary N) is 2. The Morgan fingerprint density at radius 3 is 2.42 bits per heavy atom. The average molecular weight is 371 g/mol. The standard InChI is InChI=1S/C18H17N3O4S/c1-19-18(22)14-7-9-16(10-8-14)26(23,24)20-12-15-11-17(21-25-15)13-5-3-2-4-6-13/h2-11,20H,12H2,1H3,(H,19,22). The van der Waals surface area contributed by atoms with Crippen LogP contribution in [0, 0.1) is 0 Å². The van der Waals surface area contributed by atoms with Crippen molar-refractivity contribution >= 4 is 15.9 Å². The fraction of sp³-hybridized carbons (Fsp3) is 0.111. The van der Waals surface area contributed by atoms with Crippen LogP contribution in [-0.2, 0) is 16.6 Å². The second-order valence-corrected chi connectivity index (χ2v) is 7.24. The number of rotatable bonds is 6. The number of hydrogen-bond acceptors (Lipinski definition) is 5. The molecule has 1 amide bonds. The molecule has 0 bridgehead atoms. The zero-order chi connectivity index (χ0) is 18.6. The van der Waals surface area contributed by atoms with Crippen LogP contribution in [0.4, 0.5) is 0 Å². The average Bonchev–Trinajstić information content (AvgIpc) is 3.16. The number of carbonyl (C=O) groups excluding carboxylic acids is 1. The molecular formula is C18H17N3O4S. The van der Waals surface area contributed by atoms with E-state index < -0.39 is 10.0 Å². The van der Waals surface area contributed by atoms with Crippen LogP contribution in [0.3, 0.4) is 0 Å². The maximum atomic E-state index is 12.4. The molecule has 0 fully saturated rings. The maximum absolute atomic E-state index is 12.4. The highest BCUT2D eigenvalue weighted by Crippen LogP contribution is 2.19. The Morgan fingerprint density at radius 1 is 1.08 bits per heavy atom. The van der Waals surface area contributed by atoms with Gasteiger partial charge in [-0.1, -0.05) is 35.5 Å². The Bertz CT molecular complexity index is 996. The molecule has 134 valence electrons. The van der Waals surface area contributed by atoms with Crippen LogP contribution in [0.2, 0.25) is 0 Å². The third-order valence-corrected chi connectivity index (χ3v) is 5.14. The number of nitrogens with zero attached hydrogens (tertiary/aromatic N) is 1. The van der Waals surface area contributed by atoms with Crippen molar-refractivity contribution in [3.63, 3.8) is 0 Å². The summed E-state index contributed by atoms with van der Waals surface area (Å²) in [6, 6.07) is 16.8. The first kappa shape index (κ1) is 17.8. The van der Waals surface area contributed by atoms with E-state index in [9.17, 15) is 13.2 Å². The third-order valence-electron chi connectivity index (χ3n) is 3.72. The maximum Gasteiger partial charge on any atom is 0.251 e. The summed E-state index contributed by atoms with van der Waals surface area (Å²) in [6.45, 7) is -0.0284. The molecule has 3 rings (SSSR count). The van der Waals surface area contributed by atoms with Crippen molar-refractivity contribution in [2.75, 3.05) is 7.05 Å². The number of aromatic nitrogens is 1. The second-order valence-electron chi connectivity index (χ2n) is 5.47. The minimum absolute atomic E-state index is 0.0284. The van der Waals surface area contributed by atoms with Crippen molar-refractivity contribution in [1.82, 2.24) is 15.2 Å². The van der Waals surface area contributed by atoms with Gasteiger partial charge in [0.1, 0.15) is 5.69 Å². The summed E-state index contributed by atoms with van der Waals surface area (Å²) < 4.78 is 32.4. The lowest BCUT2D eigenvalue weighted by molar-refractivity contribution is 0.0963. The fourth-order valence-electron chi connectivity index (χ4n) is 2.32. The lowest BCUT2D eigenvalue weighted by Crippen LogP contribution is -2.23. The van der Waals surface area contributed by atoms with E-state index in [2.05, 4.69) is 15.2 Å². The molecule has 2 aromatic carbocycles. The smallest absolute Gasteiger partial charge is 0.251 e. The van der Waals surface area contributed by atoms with Gasteiger partial charge in [-0.15, -0.1) is 0 Å². The zero-order valence-corrected chi connectivity index (χ0v) is 14.8. The zero-order valence-electron chi connectivity index (χ0n) is 14.0. The number of sulfonamides is 1. The summed E-state index contributed by atoms with van der Waals surface area (Å²) in [4.78, 5) is 11.6. The van der Waals surface area contributed by atoms with Crippen LogP contribution in [0.15, 0.2) is 70.1 Å². The molecule has 0 spiro atoms. The first-order valence-electron chi connectivity index (χ1n) is 7.82. The van der Waals surface area contributed by atoms with Crippen molar-refractivity contribution in [1.29, 1.82) is 0 Å². The Balaban J connectivity index is 1.69. The molecule has 3 aromatic rings. The van der Waals surface area contributed by atoms with Gasteiger partial charge in [-0.3, -0.25) is 4.79 Å². The largest absolute Gasteiger partial charge is 0.359 e. The van der Waals surface area contributed by atoms with E-state index in [0.29, 0.717) is 17.0 Å². The van der Waals surface area contributed by atoms with Crippen molar-refractivity contribution < 1.29 is 17.7 Å². The van der Waals surface area contributed by atoms with E-state index in [1.165, 1.54) is 31.3 Å². The highest BCUT2D eigenvalue weighted by Gasteiger charge is 2.16. The molecule has 7 nitrogen and oxygen atoms in total. The van der Waals surface area contributed by atoms with Crippen molar-refractivity contribution in [2.24, 2.45) is 0 Å². The van der Waals surface area contributed by atoms with Crippen LogP contribution in [0.1, 0.15) is 16.1 Å². The molecule has 2 N–H and O–H groups in total. The Labute approximate surface area is 151 Å². The Kier molecular flexibility index (Phi) is 5.15. The number of amides is 1. The topological polar surface area (TPSA) is 101 Å². The van der Waals surface area contributed by atoms with E-state index in [-0.39, 0.29) is 17.3 Å². The van der Waals surface area contributed by atoms with E-state index in [4.69, 9.17) is 4.52 Å². The van der Waals surface area contributed by atoms with Gasteiger partial charge >= 0.3 is 0 Å². The summed E-state index contributed by atoms with van der Waals surface area (Å²) in [5.74, 6) is 0.117. The quantitative estimate of drug-likeness (QED) is 0.692. The summed E-state index contributed by atoms with van der Waals surface area (Å²) in [5, 5.41) is 6.42. The van der Waals surface area contributed by atoms with Gasteiger partial charge in [0, 0.05) is 24.2 Å². The van der Waals surface area contributed by atoms with Crippen molar-refractivity contribution in [3.8, 4) is 11.3 Å². The minimum Gasteiger partial charge on any atom is -0.359 e. The molecular weight excluding hydrogens is 354 g/mol. The van der Waals surface area contributed by atoms with Gasteiger partial charge in [0.05, 0.1) is 11.4 Å². The Hall–Kier alpha value is -2.97. The SMILES string of the molecule is CNC(=O)c1ccc(S(=O)(=O)NCc2cc(-c3ccccc3)no2)cc1. The van der Waals surface area contributed by atoms with Gasteiger partial charge < -0.3 is 9.84 Å². The van der Waals surface area contributed by atoms with Crippen LogP contribution in [0.25, 0.3) is 11.3 Å². The predicted octanol–water partition coefficient (Wildman–Crippen LogP) is 2.18. The summed E-state index contributed by atoms with van der Waals surface area (Å²) >= 11 is 0. The summed E-state index contributed by atoms with van der Waals surface area (Å²) in [5.41, 5.74) is 1.90. The molecule has 1 heterocycles. The molecule has 0 saturated carbocycles. The van der Waals surface area contributed by atoms with Crippen LogP contribution >= 0.6 is 0 Å². The van der Waals surface area contributed by atoms with Gasteiger partial charge in [-0.2, -0.15) is 0 Å². The molecule has 0 saturated heterocycles. The molecule has 0 aliphatic rings. The highest BCUT2D eigenvalue weighted by atomic mass is 32.2. The fourth-order valence-corrected chi connectivity index (χ4v) is 3.31. The lowest BCUT2D eigenvalue weighted by atomic mass is 10.1. The molecule has 0 atom stereocenters. The molecule has 1 aromatic heterocycles. The normalized spacial score (nSPS) is 11.3. The van der Waals surface area contributed by atoms with Crippen LogP contribution in [0.5, 0.6) is 0 Å². The summed E-state index contributed by atoms with van der Waals surface area (Å²) in [7, 11) is -2.22. The predicted molar refractivity (Wildman–Crippen MR) is 95.8 cm³/mol. The molecule has 0 radical (unpaired) electrons. The molecule has 0 aliphatic heterocycles. The minimum atomic E-state index is -3.73. The number of carbonyl (C=O) groups is 1. The number of hydrogen-bond donors (Lipinski definition) is 2. The first-order chi connectivity index (χ1) is 12.5. The molecule has 0 unspecified atom stereocenters. The van der Waals surface area contributed by atoms with E-state index in [1.54, 1.807) is 6.07 Å². The molecule has 26 heavy (non-hydrogen) atoms. The van der Waals surface area contributed by atoms with Gasteiger partial charge in [-0.05, 0) is 24.3 Å². The highest BCUT2D eigenvalue weighted by molar-refractivity contribution is 7.89. The first-order valence-corrected chi connectivity index (χ1v) is 9.31. The van der Waals surface area contributed by atoms with E-state index >= 15 is 0 Å². The number of benzene rings is 2. The third kappa shape index (κ3) is 3.98. The molecule has 8 heteroatoms. The Morgan fingerprint density at radius 2 is 1.77 bits per heavy atom. The van der Waals surface area contributed by atoms with Crippen molar-refractivity contribution in [2.45, 2.75) is 11.4 Å². The van der Waals surface area contributed by atoms with Crippen molar-refractivity contribution in [3.05, 3.63) is 72.0 Å². The van der Waals surface area contributed by atoms with Gasteiger partial charge in [0.2, 0.25) is 10.0 Å². The summed E-state index contributed by atoms with van der Waals surface area (Å²) in [6.07, 6.45) is 0. The van der Waals surface area contributed by atoms with Gasteiger partial charge in [0.25, 0.3) is 5.91 Å². The van der Waals surface area contributed by atoms with Gasteiger partial charge in [0.15, 0.2) is 5.76 Å². The lowest BCUT2D eigenvalue weighted by Gasteiger charge is -2.06. The van der Waals surface area contributed by atoms with Crippen LogP contribution < -0.4 is 10.0 Å². The van der Waals surface area contributed by atoms with Crippen LogP contribution in [-0.4, -0.2) is 26.5 Å². The van der Waals surface area contributed by atoms with E-state index in [0.717, 1.165) is 5.56 Å². The second kappa shape index (κ2) is 7.51. The monoisotopic (exact) mass is 371 g/mol. The van der Waals surface area contributed by atoms with Gasteiger partial charge in [-0.25, -0.2) is 13.1 Å².